The molecule has 3 aromatic carbocycles. The fourth-order valence-corrected chi connectivity index (χ4v) is 3.67. The number of alkyl halides is 2. The fourth-order valence-electron chi connectivity index (χ4n) is 3.47. The van der Waals surface area contributed by atoms with E-state index in [1.54, 1.807) is 25.2 Å². The molecule has 0 aliphatic carbocycles. The summed E-state index contributed by atoms with van der Waals surface area (Å²) in [6.07, 6.45) is 0.350. The van der Waals surface area contributed by atoms with Crippen LogP contribution in [0, 0.1) is 4.77 Å². The first-order valence-corrected chi connectivity index (χ1v) is 10.4. The highest BCUT2D eigenvalue weighted by atomic mass is 32.1. The van der Waals surface area contributed by atoms with Gasteiger partial charge in [0.1, 0.15) is 5.75 Å². The van der Waals surface area contributed by atoms with Gasteiger partial charge in [-0.15, -0.1) is 0 Å². The Labute approximate surface area is 192 Å². The number of aromatic amines is 1. The lowest BCUT2D eigenvalue weighted by Crippen LogP contribution is -2.19. The monoisotopic (exact) mass is 467 g/mol. The Morgan fingerprint density at radius 3 is 2.61 bits per heavy atom. The van der Waals surface area contributed by atoms with Gasteiger partial charge in [-0.3, -0.25) is 14.2 Å². The van der Waals surface area contributed by atoms with Crippen LogP contribution >= 0.6 is 12.2 Å². The second-order valence-corrected chi connectivity index (χ2v) is 7.76. The van der Waals surface area contributed by atoms with Crippen LogP contribution in [0.3, 0.4) is 0 Å². The molecule has 33 heavy (non-hydrogen) atoms. The molecule has 0 spiro atoms. The van der Waals surface area contributed by atoms with Crippen molar-refractivity contribution < 1.29 is 18.3 Å². The number of nitrogens with zero attached hydrogens (tertiary/aromatic N) is 1. The van der Waals surface area contributed by atoms with Crippen LogP contribution in [0.4, 0.5) is 14.5 Å². The van der Waals surface area contributed by atoms with Crippen molar-refractivity contribution in [2.75, 3.05) is 5.32 Å². The Balaban J connectivity index is 1.63. The highest BCUT2D eigenvalue weighted by Crippen LogP contribution is 2.27. The summed E-state index contributed by atoms with van der Waals surface area (Å²) in [5, 5.41) is 3.17. The normalized spacial score (nSPS) is 11.0. The molecule has 6 nitrogen and oxygen atoms in total. The molecule has 0 saturated carbocycles. The van der Waals surface area contributed by atoms with Gasteiger partial charge in [-0.1, -0.05) is 30.3 Å². The lowest BCUT2D eigenvalue weighted by atomic mass is 10.0. The molecule has 0 unspecified atom stereocenters. The minimum absolute atomic E-state index is 0.0426. The highest BCUT2D eigenvalue weighted by Gasteiger charge is 2.14. The molecule has 0 aliphatic heterocycles. The van der Waals surface area contributed by atoms with E-state index in [2.05, 4.69) is 15.0 Å². The van der Waals surface area contributed by atoms with Crippen molar-refractivity contribution in [2.24, 2.45) is 7.05 Å². The van der Waals surface area contributed by atoms with Gasteiger partial charge in [-0.05, 0) is 54.2 Å². The predicted molar refractivity (Wildman–Crippen MR) is 125 cm³/mol. The number of carbonyl (C=O) groups is 1. The average molecular weight is 467 g/mol. The predicted octanol–water partition coefficient (Wildman–Crippen LogP) is 5.04. The first kappa shape index (κ1) is 22.3. The molecule has 0 radical (unpaired) electrons. The van der Waals surface area contributed by atoms with Crippen molar-refractivity contribution >= 4 is 34.7 Å². The van der Waals surface area contributed by atoms with Gasteiger partial charge in [0.2, 0.25) is 0 Å². The minimum Gasteiger partial charge on any atom is -0.435 e. The van der Waals surface area contributed by atoms with Gasteiger partial charge < -0.3 is 15.0 Å². The van der Waals surface area contributed by atoms with Crippen LogP contribution in [-0.4, -0.2) is 22.1 Å². The average Bonchev–Trinajstić information content (AvgIpc) is 2.79. The number of benzene rings is 3. The van der Waals surface area contributed by atoms with E-state index in [0.717, 1.165) is 5.56 Å². The molecule has 0 atom stereocenters. The van der Waals surface area contributed by atoms with Crippen molar-refractivity contribution in [1.29, 1.82) is 0 Å². The zero-order valence-electron chi connectivity index (χ0n) is 17.5. The van der Waals surface area contributed by atoms with Crippen molar-refractivity contribution in [3.05, 3.63) is 98.5 Å². The van der Waals surface area contributed by atoms with Crippen LogP contribution < -0.4 is 15.6 Å². The van der Waals surface area contributed by atoms with Gasteiger partial charge in [0, 0.05) is 30.3 Å². The van der Waals surface area contributed by atoms with Gasteiger partial charge in [0.15, 0.2) is 4.77 Å². The molecule has 1 amide bonds. The van der Waals surface area contributed by atoms with Gasteiger partial charge in [0.05, 0.1) is 10.9 Å². The number of rotatable bonds is 6. The molecule has 168 valence electrons. The Morgan fingerprint density at radius 2 is 1.88 bits per heavy atom. The Bertz CT molecular complexity index is 1450. The lowest BCUT2D eigenvalue weighted by Gasteiger charge is -2.14. The third-order valence-electron chi connectivity index (χ3n) is 5.13. The number of hydrogen-bond donors (Lipinski definition) is 2. The SMILES string of the molecule is Cn1c(=S)[nH]c2cc(C(=O)Nc3ccc(OC(F)F)c(Cc4ccccc4)c3)ccc2c1=O. The second kappa shape index (κ2) is 9.33. The first-order chi connectivity index (χ1) is 15.8. The van der Waals surface area contributed by atoms with Crippen LogP contribution in [0.2, 0.25) is 0 Å². The maximum Gasteiger partial charge on any atom is 0.387 e. The fraction of sp³-hybridized carbons (Fsp3) is 0.125. The van der Waals surface area contributed by atoms with Crippen molar-refractivity contribution in [1.82, 2.24) is 9.55 Å². The zero-order valence-corrected chi connectivity index (χ0v) is 18.3. The summed E-state index contributed by atoms with van der Waals surface area (Å²) < 4.78 is 31.9. The quantitative estimate of drug-likeness (QED) is 0.390. The number of amides is 1. The summed E-state index contributed by atoms with van der Waals surface area (Å²) in [6, 6.07) is 18.5. The van der Waals surface area contributed by atoms with Gasteiger partial charge in [0.25, 0.3) is 11.5 Å². The van der Waals surface area contributed by atoms with E-state index >= 15 is 0 Å². The Morgan fingerprint density at radius 1 is 1.12 bits per heavy atom. The van der Waals surface area contributed by atoms with Crippen LogP contribution in [0.15, 0.2) is 71.5 Å². The summed E-state index contributed by atoms with van der Waals surface area (Å²) in [7, 11) is 1.57. The van der Waals surface area contributed by atoms with E-state index in [4.69, 9.17) is 12.2 Å². The van der Waals surface area contributed by atoms with Crippen LogP contribution in [-0.2, 0) is 13.5 Å². The number of halogens is 2. The highest BCUT2D eigenvalue weighted by molar-refractivity contribution is 7.71. The van der Waals surface area contributed by atoms with Crippen LogP contribution in [0.25, 0.3) is 10.9 Å². The number of H-pyrrole nitrogens is 1. The largest absolute Gasteiger partial charge is 0.435 e. The van der Waals surface area contributed by atoms with Gasteiger partial charge in [-0.2, -0.15) is 8.78 Å². The minimum atomic E-state index is -2.96. The summed E-state index contributed by atoms with van der Waals surface area (Å²) in [5.41, 5.74) is 2.32. The summed E-state index contributed by atoms with van der Waals surface area (Å²) in [4.78, 5) is 28.1. The molecule has 0 bridgehead atoms. The maximum atomic E-state index is 12.9. The molecule has 1 heterocycles. The third kappa shape index (κ3) is 4.98. The topological polar surface area (TPSA) is 76.1 Å². The number of carbonyl (C=O) groups excluding carboxylic acids is 1. The molecule has 4 rings (SSSR count). The lowest BCUT2D eigenvalue weighted by molar-refractivity contribution is -0.0503. The first-order valence-electron chi connectivity index (χ1n) is 9.98. The molecular weight excluding hydrogens is 448 g/mol. The summed E-state index contributed by atoms with van der Waals surface area (Å²) in [5.74, 6) is -0.383. The second-order valence-electron chi connectivity index (χ2n) is 7.37. The molecule has 9 heteroatoms. The Kier molecular flexibility index (Phi) is 6.32. The molecule has 0 aliphatic rings. The zero-order chi connectivity index (χ0) is 23.5. The van der Waals surface area contributed by atoms with Gasteiger partial charge in [-0.25, -0.2) is 0 Å². The smallest absolute Gasteiger partial charge is 0.387 e. The Hall–Kier alpha value is -3.85. The molecule has 4 aromatic rings. The molecule has 0 fully saturated rings. The number of ether oxygens (including phenoxy) is 1. The van der Waals surface area contributed by atoms with Gasteiger partial charge >= 0.3 is 6.61 Å². The summed E-state index contributed by atoms with van der Waals surface area (Å²) in [6.45, 7) is -2.96. The summed E-state index contributed by atoms with van der Waals surface area (Å²) >= 11 is 5.13. The maximum absolute atomic E-state index is 12.9. The van der Waals surface area contributed by atoms with E-state index in [-0.39, 0.29) is 16.1 Å². The van der Waals surface area contributed by atoms with Crippen molar-refractivity contribution in [2.45, 2.75) is 13.0 Å². The van der Waals surface area contributed by atoms with Crippen LogP contribution in [0.5, 0.6) is 5.75 Å². The standard InChI is InChI=1S/C24H19F2N3O3S/c1-29-22(31)18-9-7-15(13-19(18)28-24(29)33)21(30)27-17-8-10-20(32-23(25)26)16(12-17)11-14-5-3-2-4-6-14/h2-10,12-13,23H,11H2,1H3,(H,27,30)(H,28,33). The van der Waals surface area contributed by atoms with Crippen LogP contribution in [0.1, 0.15) is 21.5 Å². The van der Waals surface area contributed by atoms with E-state index in [1.807, 2.05) is 30.3 Å². The number of aromatic nitrogens is 2. The number of anilines is 1. The molecule has 1 aromatic heterocycles. The van der Waals surface area contributed by atoms with Crippen molar-refractivity contribution in [3.63, 3.8) is 0 Å². The molecular formula is C24H19F2N3O3S. The number of fused-ring (bicyclic) bond motifs is 1. The van der Waals surface area contributed by atoms with E-state index < -0.39 is 12.5 Å². The number of hydrogen-bond acceptors (Lipinski definition) is 4. The molecule has 2 N–H and O–H groups in total. The van der Waals surface area contributed by atoms with E-state index in [9.17, 15) is 18.4 Å². The van der Waals surface area contributed by atoms with Crippen molar-refractivity contribution in [3.8, 4) is 5.75 Å². The van der Waals surface area contributed by atoms with E-state index in [0.29, 0.717) is 34.1 Å². The van der Waals surface area contributed by atoms with E-state index in [1.165, 1.54) is 22.8 Å². The third-order valence-corrected chi connectivity index (χ3v) is 5.51. The number of nitrogens with one attached hydrogen (secondary N) is 2. The molecule has 0 saturated heterocycles.